The van der Waals surface area contributed by atoms with E-state index in [0.717, 1.165) is 12.5 Å². The zero-order valence-corrected chi connectivity index (χ0v) is 11.8. The van der Waals surface area contributed by atoms with Crippen LogP contribution in [-0.4, -0.2) is 24.4 Å². The standard InChI is InChI=1S/C16H24N2O/c1-18(12-16(17)19)11-13-7-9-15(10-8-13)14-5-3-2-4-6-14/h7-10,14H,2-6,11-12H2,1H3,(H2,17,19). The minimum absolute atomic E-state index is 0.277. The van der Waals surface area contributed by atoms with Gasteiger partial charge in [0.05, 0.1) is 6.54 Å². The molecular weight excluding hydrogens is 236 g/mol. The van der Waals surface area contributed by atoms with E-state index in [4.69, 9.17) is 5.73 Å². The van der Waals surface area contributed by atoms with E-state index in [1.807, 2.05) is 11.9 Å². The van der Waals surface area contributed by atoms with Crippen LogP contribution in [0.4, 0.5) is 0 Å². The fourth-order valence-electron chi connectivity index (χ4n) is 2.96. The highest BCUT2D eigenvalue weighted by atomic mass is 16.1. The van der Waals surface area contributed by atoms with Gasteiger partial charge >= 0.3 is 0 Å². The molecule has 0 atom stereocenters. The highest BCUT2D eigenvalue weighted by Crippen LogP contribution is 2.32. The van der Waals surface area contributed by atoms with Crippen molar-refractivity contribution in [2.75, 3.05) is 13.6 Å². The number of nitrogens with two attached hydrogens (primary N) is 1. The Labute approximate surface area is 115 Å². The molecule has 3 heteroatoms. The van der Waals surface area contributed by atoms with E-state index in [9.17, 15) is 4.79 Å². The highest BCUT2D eigenvalue weighted by Gasteiger charge is 2.15. The Morgan fingerprint density at radius 2 is 1.84 bits per heavy atom. The minimum atomic E-state index is -0.277. The van der Waals surface area contributed by atoms with Crippen molar-refractivity contribution in [1.29, 1.82) is 0 Å². The Bertz CT molecular complexity index is 407. The summed E-state index contributed by atoms with van der Waals surface area (Å²) in [6.45, 7) is 1.08. The lowest BCUT2D eigenvalue weighted by Crippen LogP contribution is -2.30. The van der Waals surface area contributed by atoms with Gasteiger partial charge in [-0.05, 0) is 36.9 Å². The molecule has 0 unspecified atom stereocenters. The number of benzene rings is 1. The molecule has 0 spiro atoms. The van der Waals surface area contributed by atoms with Gasteiger partial charge in [-0.1, -0.05) is 43.5 Å². The van der Waals surface area contributed by atoms with E-state index in [2.05, 4.69) is 24.3 Å². The minimum Gasteiger partial charge on any atom is -0.369 e. The van der Waals surface area contributed by atoms with Crippen molar-refractivity contribution in [3.05, 3.63) is 35.4 Å². The maximum Gasteiger partial charge on any atom is 0.231 e. The fraction of sp³-hybridized carbons (Fsp3) is 0.562. The molecule has 1 saturated carbocycles. The largest absolute Gasteiger partial charge is 0.369 e. The lowest BCUT2D eigenvalue weighted by atomic mass is 9.84. The second-order valence-electron chi connectivity index (χ2n) is 5.72. The molecule has 1 amide bonds. The molecule has 2 N–H and O–H groups in total. The number of primary amides is 1. The van der Waals surface area contributed by atoms with E-state index in [1.54, 1.807) is 0 Å². The summed E-state index contributed by atoms with van der Waals surface area (Å²) in [6, 6.07) is 8.87. The van der Waals surface area contributed by atoms with Crippen LogP contribution in [0.25, 0.3) is 0 Å². The van der Waals surface area contributed by atoms with Crippen molar-refractivity contribution in [3.8, 4) is 0 Å². The summed E-state index contributed by atoms with van der Waals surface area (Å²) in [5, 5.41) is 0. The average molecular weight is 260 g/mol. The fourth-order valence-corrected chi connectivity index (χ4v) is 2.96. The molecule has 0 saturated heterocycles. The van der Waals surface area contributed by atoms with Crippen LogP contribution in [0.3, 0.4) is 0 Å². The van der Waals surface area contributed by atoms with E-state index in [-0.39, 0.29) is 5.91 Å². The van der Waals surface area contributed by atoms with Crippen molar-refractivity contribution in [1.82, 2.24) is 4.90 Å². The van der Waals surface area contributed by atoms with E-state index < -0.39 is 0 Å². The van der Waals surface area contributed by atoms with E-state index >= 15 is 0 Å². The highest BCUT2D eigenvalue weighted by molar-refractivity contribution is 5.75. The van der Waals surface area contributed by atoms with Gasteiger partial charge in [-0.15, -0.1) is 0 Å². The summed E-state index contributed by atoms with van der Waals surface area (Å²) < 4.78 is 0. The second kappa shape index (κ2) is 6.71. The molecule has 2 rings (SSSR count). The Morgan fingerprint density at radius 1 is 1.21 bits per heavy atom. The molecule has 0 aromatic heterocycles. The first kappa shape index (κ1) is 14.1. The summed E-state index contributed by atoms with van der Waals surface area (Å²) in [6.07, 6.45) is 6.80. The number of carbonyl (C=O) groups is 1. The van der Waals surface area contributed by atoms with Gasteiger partial charge in [0.1, 0.15) is 0 Å². The van der Waals surface area contributed by atoms with Crippen LogP contribution in [0, 0.1) is 0 Å². The number of amides is 1. The van der Waals surface area contributed by atoms with Crippen molar-refractivity contribution >= 4 is 5.91 Å². The molecular formula is C16H24N2O. The number of nitrogens with zero attached hydrogens (tertiary/aromatic N) is 1. The molecule has 0 radical (unpaired) electrons. The summed E-state index contributed by atoms with van der Waals surface area (Å²) in [5.74, 6) is 0.479. The van der Waals surface area contributed by atoms with Gasteiger partial charge in [-0.3, -0.25) is 9.69 Å². The van der Waals surface area contributed by atoms with Crippen LogP contribution in [0.5, 0.6) is 0 Å². The number of carbonyl (C=O) groups excluding carboxylic acids is 1. The normalized spacial score (nSPS) is 16.7. The summed E-state index contributed by atoms with van der Waals surface area (Å²) in [5.41, 5.74) is 7.90. The number of hydrogen-bond acceptors (Lipinski definition) is 2. The first-order valence-corrected chi connectivity index (χ1v) is 7.21. The van der Waals surface area contributed by atoms with Crippen LogP contribution in [0.15, 0.2) is 24.3 Å². The van der Waals surface area contributed by atoms with Crippen LogP contribution >= 0.6 is 0 Å². The molecule has 1 aliphatic carbocycles. The number of likely N-dealkylation sites (N-methyl/N-ethyl adjacent to an activating group) is 1. The molecule has 0 heterocycles. The summed E-state index contributed by atoms with van der Waals surface area (Å²) >= 11 is 0. The van der Waals surface area contributed by atoms with Crippen LogP contribution in [0.1, 0.15) is 49.1 Å². The zero-order valence-electron chi connectivity index (χ0n) is 11.8. The van der Waals surface area contributed by atoms with Gasteiger partial charge in [0.25, 0.3) is 0 Å². The third-order valence-electron chi connectivity index (χ3n) is 3.93. The zero-order chi connectivity index (χ0) is 13.7. The van der Waals surface area contributed by atoms with Gasteiger partial charge in [0, 0.05) is 6.54 Å². The molecule has 1 aromatic rings. The predicted octanol–water partition coefficient (Wildman–Crippen LogP) is 2.65. The SMILES string of the molecule is CN(CC(N)=O)Cc1ccc(C2CCCCC2)cc1. The molecule has 3 nitrogen and oxygen atoms in total. The first-order valence-electron chi connectivity index (χ1n) is 7.21. The molecule has 1 aliphatic rings. The lowest BCUT2D eigenvalue weighted by molar-refractivity contribution is -0.118. The van der Waals surface area contributed by atoms with Gasteiger partial charge in [-0.2, -0.15) is 0 Å². The van der Waals surface area contributed by atoms with Gasteiger partial charge in [-0.25, -0.2) is 0 Å². The van der Waals surface area contributed by atoms with Crippen molar-refractivity contribution in [3.63, 3.8) is 0 Å². The first-order chi connectivity index (χ1) is 9.15. The lowest BCUT2D eigenvalue weighted by Gasteiger charge is -2.22. The third kappa shape index (κ3) is 4.35. The predicted molar refractivity (Wildman–Crippen MR) is 77.8 cm³/mol. The maximum atomic E-state index is 10.8. The molecule has 0 aliphatic heterocycles. The molecule has 1 fully saturated rings. The Hall–Kier alpha value is -1.35. The van der Waals surface area contributed by atoms with Crippen LogP contribution in [-0.2, 0) is 11.3 Å². The Balaban J connectivity index is 1.92. The van der Waals surface area contributed by atoms with E-state index in [1.165, 1.54) is 43.2 Å². The molecule has 19 heavy (non-hydrogen) atoms. The average Bonchev–Trinajstić information content (AvgIpc) is 2.39. The quantitative estimate of drug-likeness (QED) is 0.884. The molecule has 1 aromatic carbocycles. The second-order valence-corrected chi connectivity index (χ2v) is 5.72. The third-order valence-corrected chi connectivity index (χ3v) is 3.93. The summed E-state index contributed by atoms with van der Waals surface area (Å²) in [4.78, 5) is 12.8. The van der Waals surface area contributed by atoms with Crippen molar-refractivity contribution in [2.45, 2.75) is 44.6 Å². The van der Waals surface area contributed by atoms with Gasteiger partial charge in [0.2, 0.25) is 5.91 Å². The maximum absolute atomic E-state index is 10.8. The van der Waals surface area contributed by atoms with E-state index in [0.29, 0.717) is 6.54 Å². The van der Waals surface area contributed by atoms with Gasteiger partial charge < -0.3 is 5.73 Å². The smallest absolute Gasteiger partial charge is 0.231 e. The Morgan fingerprint density at radius 3 is 2.42 bits per heavy atom. The molecule has 104 valence electrons. The number of hydrogen-bond donors (Lipinski definition) is 1. The Kier molecular flexibility index (Phi) is 4.97. The topological polar surface area (TPSA) is 46.3 Å². The van der Waals surface area contributed by atoms with Crippen LogP contribution < -0.4 is 5.73 Å². The van der Waals surface area contributed by atoms with Crippen LogP contribution in [0.2, 0.25) is 0 Å². The van der Waals surface area contributed by atoms with Crippen molar-refractivity contribution < 1.29 is 4.79 Å². The number of rotatable bonds is 5. The van der Waals surface area contributed by atoms with Gasteiger partial charge in [0.15, 0.2) is 0 Å². The monoisotopic (exact) mass is 260 g/mol. The molecule has 0 bridgehead atoms. The summed E-state index contributed by atoms with van der Waals surface area (Å²) in [7, 11) is 1.92. The van der Waals surface area contributed by atoms with Crippen molar-refractivity contribution in [2.24, 2.45) is 5.73 Å².